The van der Waals surface area contributed by atoms with Gasteiger partial charge in [0.25, 0.3) is 0 Å². The van der Waals surface area contributed by atoms with E-state index in [1.165, 1.54) is 12.1 Å². The van der Waals surface area contributed by atoms with E-state index in [1.807, 2.05) is 4.90 Å². The van der Waals surface area contributed by atoms with Crippen LogP contribution >= 0.6 is 22.9 Å². The predicted molar refractivity (Wildman–Crippen MR) is 133 cm³/mol. The maximum atomic E-state index is 13.8. The van der Waals surface area contributed by atoms with Crippen molar-refractivity contribution in [3.05, 3.63) is 74.1 Å². The third kappa shape index (κ3) is 6.82. The first-order chi connectivity index (χ1) is 18.5. The third-order valence-corrected chi connectivity index (χ3v) is 6.97. The summed E-state index contributed by atoms with van der Waals surface area (Å²) in [7, 11) is 1.16. The van der Waals surface area contributed by atoms with Gasteiger partial charge >= 0.3 is 18.1 Å². The largest absolute Gasteiger partial charge is 0.478 e. The van der Waals surface area contributed by atoms with Crippen molar-refractivity contribution in [2.24, 2.45) is 4.99 Å². The Balaban J connectivity index is 1.77. The molecule has 2 aromatic rings. The lowest BCUT2D eigenvalue weighted by atomic mass is 9.95. The van der Waals surface area contributed by atoms with Gasteiger partial charge in [-0.1, -0.05) is 17.7 Å². The van der Waals surface area contributed by atoms with Gasteiger partial charge in [0.05, 0.1) is 25.4 Å². The number of morpholine rings is 1. The summed E-state index contributed by atoms with van der Waals surface area (Å²) < 4.78 is 64.1. The molecule has 1 aromatic carbocycles. The molecule has 0 bridgehead atoms. The summed E-state index contributed by atoms with van der Waals surface area (Å²) in [6.07, 6.45) is -2.87. The average molecular weight is 589 g/mol. The number of carboxylic acid groups (broad SMARTS) is 1. The Bertz CT molecular complexity index is 1360. The fourth-order valence-corrected chi connectivity index (χ4v) is 5.09. The van der Waals surface area contributed by atoms with Crippen molar-refractivity contribution in [3.63, 3.8) is 0 Å². The molecular formula is C24H21ClF4N4O5S. The lowest BCUT2D eigenvalue weighted by Crippen LogP contribution is -2.46. The molecule has 0 radical (unpaired) electrons. The zero-order chi connectivity index (χ0) is 28.3. The Morgan fingerprint density at radius 3 is 2.79 bits per heavy atom. The topological polar surface area (TPSA) is 113 Å². The van der Waals surface area contributed by atoms with Crippen molar-refractivity contribution in [2.75, 3.05) is 33.4 Å². The number of aromatic nitrogens is 1. The Labute approximate surface area is 228 Å². The number of aliphatic imine (C=N–C) groups is 1. The van der Waals surface area contributed by atoms with E-state index in [2.05, 4.69) is 15.3 Å². The molecule has 1 fully saturated rings. The highest BCUT2D eigenvalue weighted by Gasteiger charge is 2.37. The Morgan fingerprint density at radius 2 is 2.15 bits per heavy atom. The smallest absolute Gasteiger partial charge is 0.434 e. The van der Waals surface area contributed by atoms with Gasteiger partial charge < -0.3 is 19.9 Å². The second-order valence-electron chi connectivity index (χ2n) is 8.43. The molecule has 3 heterocycles. The van der Waals surface area contributed by atoms with Gasteiger partial charge in [-0.3, -0.25) is 9.89 Å². The van der Waals surface area contributed by atoms with E-state index in [0.717, 1.165) is 30.7 Å². The standard InChI is InChI=1S/C24H21ClF4N4O5S/c1-37-23(36)19-16(10-33-6-7-38-13(9-33)3-5-18(34)35)30-21(22-31-17(11-39-22)24(27,28)29)32-20(19)14-4-2-12(26)8-15(14)25/h2-5,8,11,13,20H,6-7,9-10H2,1H3,(H,30,32)(H,34,35)/b5-3+/t13?,20-/m0/s1. The van der Waals surface area contributed by atoms with Crippen LogP contribution in [-0.4, -0.2) is 72.2 Å². The van der Waals surface area contributed by atoms with Gasteiger partial charge in [-0.05, 0) is 18.2 Å². The summed E-state index contributed by atoms with van der Waals surface area (Å²) in [4.78, 5) is 33.9. The zero-order valence-electron chi connectivity index (χ0n) is 20.2. The molecule has 0 saturated carbocycles. The minimum absolute atomic E-state index is 0.0199. The molecule has 2 aliphatic heterocycles. The van der Waals surface area contributed by atoms with E-state index >= 15 is 0 Å². The van der Waals surface area contributed by atoms with Crippen molar-refractivity contribution in [1.82, 2.24) is 15.2 Å². The second kappa shape index (κ2) is 11.8. The summed E-state index contributed by atoms with van der Waals surface area (Å²) in [6, 6.07) is 2.34. The van der Waals surface area contributed by atoms with Crippen LogP contribution in [0.1, 0.15) is 22.3 Å². The molecule has 1 saturated heterocycles. The zero-order valence-corrected chi connectivity index (χ0v) is 21.7. The highest BCUT2D eigenvalue weighted by Crippen LogP contribution is 2.37. The van der Waals surface area contributed by atoms with Crippen LogP contribution in [0.3, 0.4) is 0 Å². The third-order valence-electron chi connectivity index (χ3n) is 5.80. The first-order valence-corrected chi connectivity index (χ1v) is 12.6. The number of thiazole rings is 1. The number of halogens is 5. The van der Waals surface area contributed by atoms with Gasteiger partial charge in [-0.15, -0.1) is 11.3 Å². The monoisotopic (exact) mass is 588 g/mol. The van der Waals surface area contributed by atoms with Gasteiger partial charge in [0.2, 0.25) is 0 Å². The van der Waals surface area contributed by atoms with Crippen molar-refractivity contribution in [3.8, 4) is 0 Å². The number of methoxy groups -OCH3 is 1. The number of amidine groups is 1. The first kappa shape index (κ1) is 28.7. The molecular weight excluding hydrogens is 568 g/mol. The van der Waals surface area contributed by atoms with Crippen LogP contribution in [0.5, 0.6) is 0 Å². The second-order valence-corrected chi connectivity index (χ2v) is 9.70. The first-order valence-electron chi connectivity index (χ1n) is 11.4. The fourth-order valence-electron chi connectivity index (χ4n) is 4.05. The maximum absolute atomic E-state index is 13.8. The Hall–Kier alpha value is -3.33. The van der Waals surface area contributed by atoms with E-state index in [-0.39, 0.29) is 52.4 Å². The minimum atomic E-state index is -4.67. The number of carbonyl (C=O) groups excluding carboxylic acids is 1. The molecule has 208 valence electrons. The number of aliphatic carboxylic acids is 1. The van der Waals surface area contributed by atoms with Crippen LogP contribution in [0, 0.1) is 5.82 Å². The van der Waals surface area contributed by atoms with Crippen LogP contribution in [-0.2, 0) is 25.2 Å². The number of hydrogen-bond acceptors (Lipinski definition) is 9. The summed E-state index contributed by atoms with van der Waals surface area (Å²) >= 11 is 7.01. The number of carbonyl (C=O) groups is 2. The maximum Gasteiger partial charge on any atom is 0.434 e. The molecule has 9 nitrogen and oxygen atoms in total. The summed E-state index contributed by atoms with van der Waals surface area (Å²) in [5, 5.41) is 12.6. The molecule has 39 heavy (non-hydrogen) atoms. The number of carboxylic acids is 1. The van der Waals surface area contributed by atoms with E-state index in [0.29, 0.717) is 17.9 Å². The molecule has 0 spiro atoms. The molecule has 2 atom stereocenters. The average Bonchev–Trinajstić information content (AvgIpc) is 3.38. The molecule has 15 heteroatoms. The van der Waals surface area contributed by atoms with Crippen LogP contribution < -0.4 is 5.32 Å². The number of nitrogens with zero attached hydrogens (tertiary/aromatic N) is 3. The quantitative estimate of drug-likeness (QED) is 0.285. The summed E-state index contributed by atoms with van der Waals surface area (Å²) in [5.74, 6) is -2.59. The van der Waals surface area contributed by atoms with Crippen molar-refractivity contribution in [2.45, 2.75) is 18.3 Å². The lowest BCUT2D eigenvalue weighted by molar-refractivity contribution is -0.140. The Morgan fingerprint density at radius 1 is 1.38 bits per heavy atom. The number of ether oxygens (including phenoxy) is 2. The van der Waals surface area contributed by atoms with Crippen LogP contribution in [0.15, 0.2) is 52.0 Å². The Kier molecular flexibility index (Phi) is 8.69. The number of esters is 1. The van der Waals surface area contributed by atoms with Gasteiger partial charge in [0.15, 0.2) is 16.5 Å². The highest BCUT2D eigenvalue weighted by atomic mass is 35.5. The summed E-state index contributed by atoms with van der Waals surface area (Å²) in [6.45, 7) is 0.983. The van der Waals surface area contributed by atoms with Crippen molar-refractivity contribution in [1.29, 1.82) is 0 Å². The van der Waals surface area contributed by atoms with E-state index < -0.39 is 41.8 Å². The summed E-state index contributed by atoms with van der Waals surface area (Å²) in [5.41, 5.74) is -0.601. The van der Waals surface area contributed by atoms with Crippen molar-refractivity contribution < 1.29 is 41.7 Å². The SMILES string of the molecule is COC(=O)C1=C(CN2CCOC(/C=C/C(=O)O)C2)NC(c2nc(C(F)(F)F)cs2)=N[C@H]1c1ccc(F)cc1Cl. The molecule has 1 unspecified atom stereocenters. The minimum Gasteiger partial charge on any atom is -0.478 e. The molecule has 2 aliphatic rings. The van der Waals surface area contributed by atoms with Crippen molar-refractivity contribution >= 4 is 40.7 Å². The molecule has 2 N–H and O–H groups in total. The number of nitrogens with one attached hydrogen (secondary N) is 1. The number of benzene rings is 1. The van der Waals surface area contributed by atoms with Gasteiger partial charge in [0, 0.05) is 47.4 Å². The van der Waals surface area contributed by atoms with Gasteiger partial charge in [0.1, 0.15) is 11.9 Å². The molecule has 1 aromatic heterocycles. The van der Waals surface area contributed by atoms with Crippen LogP contribution in [0.25, 0.3) is 0 Å². The lowest BCUT2D eigenvalue weighted by Gasteiger charge is -2.34. The molecule has 0 aliphatic carbocycles. The normalized spacial score (nSPS) is 20.6. The number of hydrogen-bond donors (Lipinski definition) is 2. The van der Waals surface area contributed by atoms with Gasteiger partial charge in [-0.2, -0.15) is 13.2 Å². The van der Waals surface area contributed by atoms with E-state index in [1.54, 1.807) is 0 Å². The predicted octanol–water partition coefficient (Wildman–Crippen LogP) is 3.81. The molecule has 0 amide bonds. The molecule has 4 rings (SSSR count). The van der Waals surface area contributed by atoms with Crippen LogP contribution in [0.2, 0.25) is 5.02 Å². The van der Waals surface area contributed by atoms with Gasteiger partial charge in [-0.25, -0.2) is 19.0 Å². The fraction of sp³-hybridized carbons (Fsp3) is 0.333. The van der Waals surface area contributed by atoms with E-state index in [4.69, 9.17) is 26.2 Å². The highest BCUT2D eigenvalue weighted by molar-refractivity contribution is 7.11. The van der Waals surface area contributed by atoms with Crippen LogP contribution in [0.4, 0.5) is 17.6 Å². The number of alkyl halides is 3. The van der Waals surface area contributed by atoms with E-state index in [9.17, 15) is 27.2 Å². The number of rotatable bonds is 7.